The fraction of sp³-hybridized carbons (Fsp3) is 0.319. The van der Waals surface area contributed by atoms with E-state index in [-0.39, 0.29) is 5.41 Å². The number of rotatable bonds is 14. The third kappa shape index (κ3) is 7.25. The zero-order valence-electron chi connectivity index (χ0n) is 31.7. The summed E-state index contributed by atoms with van der Waals surface area (Å²) in [6.45, 7) is 38.2. The Morgan fingerprint density at radius 3 is 1.12 bits per heavy atom. The lowest BCUT2D eigenvalue weighted by molar-refractivity contribution is 0.463. The molecule has 0 aliphatic carbocycles. The average Bonchev–Trinajstić information content (AvgIpc) is 3.05. The maximum atomic E-state index is 6.86. The Labute approximate surface area is 296 Å². The van der Waals surface area contributed by atoms with E-state index in [1.807, 2.05) is 24.3 Å². The number of hydrogen-bond donors (Lipinski definition) is 0. The van der Waals surface area contributed by atoms with Gasteiger partial charge in [0.15, 0.2) is 0 Å². The number of aryl methyl sites for hydroxylation is 4. The zero-order valence-corrected chi connectivity index (χ0v) is 31.7. The van der Waals surface area contributed by atoms with E-state index in [1.54, 1.807) is 0 Å². The number of allylic oxidation sites excluding steroid dienone is 4. The second-order valence-corrected chi connectivity index (χ2v) is 14.1. The maximum absolute atomic E-state index is 6.86. The van der Waals surface area contributed by atoms with Crippen molar-refractivity contribution in [2.75, 3.05) is 0 Å². The first-order valence-corrected chi connectivity index (χ1v) is 17.5. The van der Waals surface area contributed by atoms with Gasteiger partial charge in [-0.3, -0.25) is 0 Å². The molecule has 0 heterocycles. The summed E-state index contributed by atoms with van der Waals surface area (Å²) in [4.78, 5) is 0. The van der Waals surface area contributed by atoms with Gasteiger partial charge in [-0.2, -0.15) is 0 Å². The molecule has 256 valence electrons. The van der Waals surface area contributed by atoms with E-state index < -0.39 is 0 Å². The summed E-state index contributed by atoms with van der Waals surface area (Å²) in [6.07, 6.45) is 11.0. The Balaban J connectivity index is 1.90. The van der Waals surface area contributed by atoms with Gasteiger partial charge in [-0.05, 0) is 159 Å². The lowest BCUT2D eigenvalue weighted by Gasteiger charge is -2.34. The highest BCUT2D eigenvalue weighted by atomic mass is 16.5. The molecule has 0 aliphatic rings. The molecule has 0 saturated carbocycles. The van der Waals surface area contributed by atoms with Gasteiger partial charge in [0.1, 0.15) is 23.0 Å². The fourth-order valence-electron chi connectivity index (χ4n) is 7.40. The molecule has 0 bridgehead atoms. The molecule has 0 N–H and O–H groups in total. The van der Waals surface area contributed by atoms with Gasteiger partial charge in [0.05, 0.1) is 0 Å². The summed E-state index contributed by atoms with van der Waals surface area (Å²) >= 11 is 0. The van der Waals surface area contributed by atoms with Crippen molar-refractivity contribution in [2.45, 2.75) is 100 Å². The third-order valence-electron chi connectivity index (χ3n) is 10.3. The van der Waals surface area contributed by atoms with Gasteiger partial charge in [0.25, 0.3) is 0 Å². The molecule has 2 heteroatoms. The minimum atomic E-state index is -0.329. The largest absolute Gasteiger partial charge is 0.456 e. The minimum absolute atomic E-state index is 0.329. The van der Waals surface area contributed by atoms with Gasteiger partial charge in [0, 0.05) is 5.41 Å². The highest BCUT2D eigenvalue weighted by molar-refractivity contribution is 5.61. The Morgan fingerprint density at radius 1 is 0.469 bits per heavy atom. The summed E-state index contributed by atoms with van der Waals surface area (Å²) in [5, 5.41) is 0. The molecule has 0 radical (unpaired) electrons. The molecule has 0 saturated heterocycles. The molecule has 0 amide bonds. The van der Waals surface area contributed by atoms with E-state index in [0.29, 0.717) is 0 Å². The lowest BCUT2D eigenvalue weighted by atomic mass is 9.71. The molecular formula is C47H56O2. The molecule has 0 aliphatic heterocycles. The topological polar surface area (TPSA) is 18.5 Å². The highest BCUT2D eigenvalue weighted by Crippen LogP contribution is 2.46. The second-order valence-electron chi connectivity index (χ2n) is 14.1. The Morgan fingerprint density at radius 2 is 0.796 bits per heavy atom. The number of hydrogen-bond acceptors (Lipinski definition) is 2. The van der Waals surface area contributed by atoms with Crippen molar-refractivity contribution in [1.82, 2.24) is 0 Å². The first-order valence-electron chi connectivity index (χ1n) is 17.5. The standard InChI is InChI=1S/C47H56O2/c1-15-19-37-25-23-29(5)43(33(37)9)48-45-31(7)27-41(39(21-17-3)35(45)11)47(13,14)42-28-32(8)46(36(12)40(42)22-18-4)49-44-30(6)24-26-38(20-16-2)34(44)10/h15-18,23-28H,1-4,19-22H2,5-14H3. The average molecular weight is 653 g/mol. The van der Waals surface area contributed by atoms with Crippen LogP contribution in [0.3, 0.4) is 0 Å². The molecule has 0 unspecified atom stereocenters. The molecule has 4 aromatic carbocycles. The maximum Gasteiger partial charge on any atom is 0.133 e. The van der Waals surface area contributed by atoms with E-state index in [0.717, 1.165) is 93.2 Å². The van der Waals surface area contributed by atoms with Gasteiger partial charge >= 0.3 is 0 Å². The molecule has 0 aromatic heterocycles. The van der Waals surface area contributed by atoms with Crippen LogP contribution in [0.2, 0.25) is 0 Å². The van der Waals surface area contributed by atoms with Crippen LogP contribution < -0.4 is 9.47 Å². The molecule has 49 heavy (non-hydrogen) atoms. The Hall–Kier alpha value is -4.56. The predicted octanol–water partition coefficient (Wildman–Crippen LogP) is 13.0. The Bertz CT molecular complexity index is 1790. The first-order chi connectivity index (χ1) is 23.2. The van der Waals surface area contributed by atoms with Crippen LogP contribution in [0.25, 0.3) is 0 Å². The van der Waals surface area contributed by atoms with E-state index >= 15 is 0 Å². The van der Waals surface area contributed by atoms with Gasteiger partial charge in [-0.25, -0.2) is 0 Å². The van der Waals surface area contributed by atoms with Crippen LogP contribution in [0.5, 0.6) is 23.0 Å². The van der Waals surface area contributed by atoms with Crippen molar-refractivity contribution in [3.05, 3.63) is 165 Å². The summed E-state index contributed by atoms with van der Waals surface area (Å²) in [6, 6.07) is 13.3. The van der Waals surface area contributed by atoms with E-state index in [2.05, 4.69) is 132 Å². The molecule has 0 spiro atoms. The molecule has 4 rings (SSSR count). The fourth-order valence-corrected chi connectivity index (χ4v) is 7.40. The summed E-state index contributed by atoms with van der Waals surface area (Å²) in [5.74, 6) is 3.70. The molecular weight excluding hydrogens is 597 g/mol. The monoisotopic (exact) mass is 652 g/mol. The SMILES string of the molecule is C=CCc1ccc(C)c(Oc2c(C)cc(C(C)(C)c3cc(C)c(Oc4c(C)ccc(CC=C)c4C)c(C)c3CC=C)c(CC=C)c2C)c1C. The van der Waals surface area contributed by atoms with Gasteiger partial charge in [0.2, 0.25) is 0 Å². The summed E-state index contributed by atoms with van der Waals surface area (Å²) in [7, 11) is 0. The van der Waals surface area contributed by atoms with Crippen molar-refractivity contribution in [1.29, 1.82) is 0 Å². The molecule has 0 atom stereocenters. The quantitative estimate of drug-likeness (QED) is 0.126. The van der Waals surface area contributed by atoms with E-state index in [9.17, 15) is 0 Å². The van der Waals surface area contributed by atoms with Crippen LogP contribution in [0.4, 0.5) is 0 Å². The third-order valence-corrected chi connectivity index (χ3v) is 10.3. The van der Waals surface area contributed by atoms with Crippen molar-refractivity contribution in [3.63, 3.8) is 0 Å². The van der Waals surface area contributed by atoms with Gasteiger partial charge < -0.3 is 9.47 Å². The van der Waals surface area contributed by atoms with Crippen LogP contribution in [0.1, 0.15) is 91.7 Å². The van der Waals surface area contributed by atoms with E-state index in [1.165, 1.54) is 33.4 Å². The predicted molar refractivity (Wildman–Crippen MR) is 212 cm³/mol. The van der Waals surface area contributed by atoms with Crippen LogP contribution in [0, 0.1) is 55.4 Å². The first kappa shape index (κ1) is 37.3. The van der Waals surface area contributed by atoms with E-state index in [4.69, 9.17) is 9.47 Å². The zero-order chi connectivity index (χ0) is 36.2. The molecule has 0 fully saturated rings. The Kier molecular flexibility index (Phi) is 11.7. The second kappa shape index (κ2) is 15.3. The summed E-state index contributed by atoms with van der Waals surface area (Å²) in [5.41, 5.74) is 16.3. The van der Waals surface area contributed by atoms with Crippen molar-refractivity contribution in [2.24, 2.45) is 0 Å². The van der Waals surface area contributed by atoms with Crippen LogP contribution >= 0.6 is 0 Å². The van der Waals surface area contributed by atoms with Crippen molar-refractivity contribution >= 4 is 0 Å². The number of ether oxygens (including phenoxy) is 2. The van der Waals surface area contributed by atoms with Gasteiger partial charge in [-0.1, -0.05) is 74.5 Å². The normalized spacial score (nSPS) is 11.3. The molecule has 4 aromatic rings. The molecule has 2 nitrogen and oxygen atoms in total. The van der Waals surface area contributed by atoms with Crippen LogP contribution in [-0.4, -0.2) is 0 Å². The van der Waals surface area contributed by atoms with Crippen molar-refractivity contribution in [3.8, 4) is 23.0 Å². The van der Waals surface area contributed by atoms with Crippen LogP contribution in [0.15, 0.2) is 87.0 Å². The number of benzene rings is 4. The van der Waals surface area contributed by atoms with Crippen LogP contribution in [-0.2, 0) is 31.1 Å². The van der Waals surface area contributed by atoms with Gasteiger partial charge in [-0.15, -0.1) is 26.3 Å². The minimum Gasteiger partial charge on any atom is -0.456 e. The van der Waals surface area contributed by atoms with Crippen molar-refractivity contribution < 1.29 is 9.47 Å². The highest BCUT2D eigenvalue weighted by Gasteiger charge is 2.32. The smallest absolute Gasteiger partial charge is 0.133 e. The lowest BCUT2D eigenvalue weighted by Crippen LogP contribution is -2.25. The summed E-state index contributed by atoms with van der Waals surface area (Å²) < 4.78 is 13.7.